The maximum absolute atomic E-state index is 12.5. The molecule has 1 aliphatic heterocycles. The molecule has 0 aliphatic carbocycles. The molecule has 1 aliphatic rings. The maximum Gasteiger partial charge on any atom is 0.261 e. The molecule has 3 heterocycles. The van der Waals surface area contributed by atoms with Gasteiger partial charge in [-0.25, -0.2) is 4.98 Å². The number of fused-ring (bicyclic) bond motifs is 1. The van der Waals surface area contributed by atoms with E-state index in [1.165, 1.54) is 5.69 Å². The van der Waals surface area contributed by atoms with Crippen molar-refractivity contribution in [1.82, 2.24) is 24.2 Å². The molecular weight excluding hydrogens is 316 g/mol. The minimum atomic E-state index is 0.0228. The Bertz CT molecular complexity index is 952. The zero-order valence-corrected chi connectivity index (χ0v) is 14.6. The Morgan fingerprint density at radius 2 is 1.84 bits per heavy atom. The topological polar surface area (TPSA) is 59.2 Å². The third-order valence-electron chi connectivity index (χ3n) is 4.87. The van der Waals surface area contributed by atoms with Gasteiger partial charge in [0.1, 0.15) is 5.82 Å². The summed E-state index contributed by atoms with van der Waals surface area (Å²) < 4.78 is 3.51. The first-order chi connectivity index (χ1) is 12.1. The largest absolute Gasteiger partial charge is 0.366 e. The third-order valence-corrected chi connectivity index (χ3v) is 4.87. The van der Waals surface area contributed by atoms with E-state index in [4.69, 9.17) is 4.98 Å². The van der Waals surface area contributed by atoms with Gasteiger partial charge < -0.3 is 4.90 Å². The van der Waals surface area contributed by atoms with E-state index in [2.05, 4.69) is 14.9 Å². The van der Waals surface area contributed by atoms with Crippen molar-refractivity contribution in [3.63, 3.8) is 0 Å². The first kappa shape index (κ1) is 15.8. The van der Waals surface area contributed by atoms with Gasteiger partial charge in [0, 0.05) is 46.5 Å². The number of hydrogen-bond acceptors (Lipinski definition) is 5. The molecule has 25 heavy (non-hydrogen) atoms. The predicted octanol–water partition coefficient (Wildman–Crippen LogP) is 0.989. The molecule has 4 rings (SSSR count). The molecule has 7 nitrogen and oxygen atoms in total. The normalized spacial score (nSPS) is 15.8. The zero-order valence-electron chi connectivity index (χ0n) is 14.6. The zero-order chi connectivity index (χ0) is 17.4. The van der Waals surface area contributed by atoms with E-state index in [0.29, 0.717) is 11.9 Å². The van der Waals surface area contributed by atoms with E-state index in [9.17, 15) is 4.79 Å². The van der Waals surface area contributed by atoms with E-state index < -0.39 is 0 Å². The van der Waals surface area contributed by atoms with Gasteiger partial charge in [0.15, 0.2) is 0 Å². The van der Waals surface area contributed by atoms with Crippen LogP contribution in [-0.2, 0) is 20.6 Å². The highest BCUT2D eigenvalue weighted by atomic mass is 16.1. The molecule has 0 spiro atoms. The van der Waals surface area contributed by atoms with Gasteiger partial charge in [0.25, 0.3) is 5.56 Å². The first-order valence-electron chi connectivity index (χ1n) is 8.52. The van der Waals surface area contributed by atoms with Crippen LogP contribution in [0.5, 0.6) is 0 Å². The highest BCUT2D eigenvalue weighted by Gasteiger charge is 2.20. The van der Waals surface area contributed by atoms with E-state index in [1.54, 1.807) is 4.57 Å². The summed E-state index contributed by atoms with van der Waals surface area (Å²) in [5.41, 5.74) is 1.96. The van der Waals surface area contributed by atoms with Gasteiger partial charge in [-0.3, -0.25) is 18.9 Å². The smallest absolute Gasteiger partial charge is 0.261 e. The molecule has 7 heteroatoms. The molecule has 0 saturated carbocycles. The van der Waals surface area contributed by atoms with Crippen molar-refractivity contribution in [1.29, 1.82) is 0 Å². The predicted molar refractivity (Wildman–Crippen MR) is 97.7 cm³/mol. The number of hydrogen-bond donors (Lipinski definition) is 0. The van der Waals surface area contributed by atoms with Crippen LogP contribution in [0.15, 0.2) is 41.5 Å². The molecule has 0 atom stereocenters. The summed E-state index contributed by atoms with van der Waals surface area (Å²) in [6, 6.07) is 7.54. The fourth-order valence-corrected chi connectivity index (χ4v) is 3.34. The number of aryl methyl sites for hydroxylation is 1. The lowest BCUT2D eigenvalue weighted by atomic mass is 10.2. The molecule has 0 bridgehead atoms. The standard InChI is InChI=1S/C18H22N6O/c1-21-12-14(11-19-21)24-9-7-23(8-10-24)13-17-20-16-6-4-3-5-15(16)18(25)22(17)2/h3-6,11-12H,7-10,13H2,1-2H3. The Morgan fingerprint density at radius 1 is 1.08 bits per heavy atom. The SMILES string of the molecule is Cn1cc(N2CCN(Cc3nc4ccccc4c(=O)n3C)CC2)cn1. The van der Waals surface area contributed by atoms with Gasteiger partial charge in [-0.1, -0.05) is 12.1 Å². The van der Waals surface area contributed by atoms with E-state index >= 15 is 0 Å². The van der Waals surface area contributed by atoms with E-state index in [-0.39, 0.29) is 5.56 Å². The van der Waals surface area contributed by atoms with Gasteiger partial charge >= 0.3 is 0 Å². The van der Waals surface area contributed by atoms with Crippen LogP contribution in [0.4, 0.5) is 5.69 Å². The summed E-state index contributed by atoms with van der Waals surface area (Å²) in [7, 11) is 3.74. The maximum atomic E-state index is 12.5. The van der Waals surface area contributed by atoms with E-state index in [1.807, 2.05) is 55.4 Å². The van der Waals surface area contributed by atoms with Crippen LogP contribution in [-0.4, -0.2) is 50.4 Å². The molecular formula is C18H22N6O. The molecule has 0 unspecified atom stereocenters. The van der Waals surface area contributed by atoms with Gasteiger partial charge in [-0.05, 0) is 12.1 Å². The van der Waals surface area contributed by atoms with Crippen LogP contribution in [0.3, 0.4) is 0 Å². The van der Waals surface area contributed by atoms with Gasteiger partial charge in [-0.15, -0.1) is 0 Å². The van der Waals surface area contributed by atoms with Crippen LogP contribution < -0.4 is 10.5 Å². The number of benzene rings is 1. The van der Waals surface area contributed by atoms with E-state index in [0.717, 1.165) is 37.5 Å². The molecule has 0 amide bonds. The van der Waals surface area contributed by atoms with Gasteiger partial charge in [0.2, 0.25) is 0 Å². The molecule has 3 aromatic rings. The summed E-state index contributed by atoms with van der Waals surface area (Å²) >= 11 is 0. The fraction of sp³-hybridized carbons (Fsp3) is 0.389. The third kappa shape index (κ3) is 3.02. The monoisotopic (exact) mass is 338 g/mol. The number of piperazine rings is 1. The summed E-state index contributed by atoms with van der Waals surface area (Å²) in [6.45, 7) is 4.48. The molecule has 0 radical (unpaired) electrons. The van der Waals surface area contributed by atoms with Crippen molar-refractivity contribution in [2.24, 2.45) is 14.1 Å². The average Bonchev–Trinajstić information content (AvgIpc) is 3.06. The first-order valence-corrected chi connectivity index (χ1v) is 8.52. The second kappa shape index (κ2) is 6.33. The van der Waals surface area contributed by atoms with Crippen molar-refractivity contribution in [2.45, 2.75) is 6.54 Å². The average molecular weight is 338 g/mol. The van der Waals surface area contributed by atoms with Crippen molar-refractivity contribution in [3.8, 4) is 0 Å². The lowest BCUT2D eigenvalue weighted by Crippen LogP contribution is -2.46. The van der Waals surface area contributed by atoms with Crippen LogP contribution in [0, 0.1) is 0 Å². The van der Waals surface area contributed by atoms with Crippen LogP contribution in [0.2, 0.25) is 0 Å². The Balaban J connectivity index is 1.49. The number of rotatable bonds is 3. The number of anilines is 1. The number of aromatic nitrogens is 4. The fourth-order valence-electron chi connectivity index (χ4n) is 3.34. The summed E-state index contributed by atoms with van der Waals surface area (Å²) in [4.78, 5) is 21.9. The molecule has 1 fully saturated rings. The summed E-state index contributed by atoms with van der Waals surface area (Å²) in [6.07, 6.45) is 3.95. The van der Waals surface area contributed by atoms with Crippen LogP contribution in [0.1, 0.15) is 5.82 Å². The number of para-hydroxylation sites is 1. The highest BCUT2D eigenvalue weighted by molar-refractivity contribution is 5.77. The van der Waals surface area contributed by atoms with Crippen LogP contribution in [0.25, 0.3) is 10.9 Å². The Hall–Kier alpha value is -2.67. The minimum absolute atomic E-state index is 0.0228. The second-order valence-electron chi connectivity index (χ2n) is 6.54. The van der Waals surface area contributed by atoms with Crippen molar-refractivity contribution in [3.05, 3.63) is 52.8 Å². The van der Waals surface area contributed by atoms with Crippen molar-refractivity contribution in [2.75, 3.05) is 31.1 Å². The molecule has 130 valence electrons. The quantitative estimate of drug-likeness (QED) is 0.713. The van der Waals surface area contributed by atoms with Crippen LogP contribution >= 0.6 is 0 Å². The molecule has 0 N–H and O–H groups in total. The second-order valence-corrected chi connectivity index (χ2v) is 6.54. The number of nitrogens with zero attached hydrogens (tertiary/aromatic N) is 6. The molecule has 1 saturated heterocycles. The summed E-state index contributed by atoms with van der Waals surface area (Å²) in [5, 5.41) is 4.92. The van der Waals surface area contributed by atoms with Gasteiger partial charge in [-0.2, -0.15) is 5.10 Å². The summed E-state index contributed by atoms with van der Waals surface area (Å²) in [5.74, 6) is 0.818. The van der Waals surface area contributed by atoms with Crippen molar-refractivity contribution >= 4 is 16.6 Å². The minimum Gasteiger partial charge on any atom is -0.366 e. The Kier molecular flexibility index (Phi) is 4.01. The van der Waals surface area contributed by atoms with Crippen molar-refractivity contribution < 1.29 is 0 Å². The molecule has 1 aromatic carbocycles. The van der Waals surface area contributed by atoms with Gasteiger partial charge in [0.05, 0.1) is 29.3 Å². The Morgan fingerprint density at radius 3 is 2.56 bits per heavy atom. The lowest BCUT2D eigenvalue weighted by molar-refractivity contribution is 0.241. The highest BCUT2D eigenvalue weighted by Crippen LogP contribution is 2.16. The molecule has 2 aromatic heterocycles. The lowest BCUT2D eigenvalue weighted by Gasteiger charge is -2.35. The Labute approximate surface area is 146 Å².